The van der Waals surface area contributed by atoms with E-state index in [4.69, 9.17) is 14.9 Å². The van der Waals surface area contributed by atoms with E-state index < -0.39 is 11.4 Å². The van der Waals surface area contributed by atoms with Crippen LogP contribution >= 0.6 is 0 Å². The van der Waals surface area contributed by atoms with Crippen molar-refractivity contribution in [1.82, 2.24) is 0 Å². The molecule has 5 nitrogen and oxygen atoms in total. The van der Waals surface area contributed by atoms with Crippen molar-refractivity contribution in [3.63, 3.8) is 0 Å². The smallest absolute Gasteiger partial charge is 0.312 e. The SMILES string of the molecule is CC1CC(C(=O)O)CCC1(C)C(=O)OCC1CCC(CO)CC1. The molecule has 132 valence electrons. The Morgan fingerprint density at radius 2 is 1.74 bits per heavy atom. The predicted molar refractivity (Wildman–Crippen MR) is 85.7 cm³/mol. The summed E-state index contributed by atoms with van der Waals surface area (Å²) < 4.78 is 5.61. The van der Waals surface area contributed by atoms with Gasteiger partial charge in [-0.2, -0.15) is 0 Å². The zero-order valence-electron chi connectivity index (χ0n) is 14.3. The van der Waals surface area contributed by atoms with E-state index in [1.165, 1.54) is 0 Å². The lowest BCUT2D eigenvalue weighted by molar-refractivity contribution is -0.165. The fourth-order valence-electron chi connectivity index (χ4n) is 3.99. The van der Waals surface area contributed by atoms with E-state index >= 15 is 0 Å². The Bertz CT molecular complexity index is 427. The lowest BCUT2D eigenvalue weighted by atomic mass is 9.65. The number of carboxylic acids is 1. The molecule has 0 heterocycles. The molecule has 0 aliphatic heterocycles. The first kappa shape index (κ1) is 18.2. The minimum atomic E-state index is -0.757. The number of hydrogen-bond acceptors (Lipinski definition) is 4. The quantitative estimate of drug-likeness (QED) is 0.759. The van der Waals surface area contributed by atoms with Crippen LogP contribution in [0.1, 0.15) is 58.8 Å². The molecule has 2 aliphatic rings. The van der Waals surface area contributed by atoms with Crippen molar-refractivity contribution in [2.75, 3.05) is 13.2 Å². The molecule has 0 bridgehead atoms. The van der Waals surface area contributed by atoms with Crippen molar-refractivity contribution in [2.45, 2.75) is 58.8 Å². The number of carbonyl (C=O) groups is 2. The van der Waals surface area contributed by atoms with Gasteiger partial charge in [-0.25, -0.2) is 0 Å². The number of rotatable bonds is 5. The highest BCUT2D eigenvalue weighted by atomic mass is 16.5. The lowest BCUT2D eigenvalue weighted by Crippen LogP contribution is -2.42. The highest BCUT2D eigenvalue weighted by molar-refractivity contribution is 5.78. The van der Waals surface area contributed by atoms with Gasteiger partial charge >= 0.3 is 11.9 Å². The number of hydrogen-bond donors (Lipinski definition) is 2. The van der Waals surface area contributed by atoms with Crippen molar-refractivity contribution in [3.8, 4) is 0 Å². The van der Waals surface area contributed by atoms with Crippen molar-refractivity contribution in [1.29, 1.82) is 0 Å². The number of carboxylic acid groups (broad SMARTS) is 1. The lowest BCUT2D eigenvalue weighted by Gasteiger charge is -2.40. The van der Waals surface area contributed by atoms with Gasteiger partial charge < -0.3 is 14.9 Å². The van der Waals surface area contributed by atoms with Gasteiger partial charge in [-0.15, -0.1) is 0 Å². The molecule has 3 atom stereocenters. The van der Waals surface area contributed by atoms with Gasteiger partial charge in [0.25, 0.3) is 0 Å². The van der Waals surface area contributed by atoms with Crippen molar-refractivity contribution >= 4 is 11.9 Å². The molecule has 5 heteroatoms. The van der Waals surface area contributed by atoms with E-state index in [1.54, 1.807) is 0 Å². The summed E-state index contributed by atoms with van der Waals surface area (Å²) >= 11 is 0. The number of esters is 1. The van der Waals surface area contributed by atoms with Crippen molar-refractivity contribution in [3.05, 3.63) is 0 Å². The van der Waals surface area contributed by atoms with E-state index in [9.17, 15) is 9.59 Å². The first-order valence-corrected chi connectivity index (χ1v) is 8.87. The van der Waals surface area contributed by atoms with Crippen molar-refractivity contribution < 1.29 is 24.5 Å². The maximum Gasteiger partial charge on any atom is 0.312 e. The van der Waals surface area contributed by atoms with Gasteiger partial charge in [0, 0.05) is 6.61 Å². The van der Waals surface area contributed by atoms with Crippen LogP contribution in [0.2, 0.25) is 0 Å². The second-order valence-electron chi connectivity index (χ2n) is 7.80. The van der Waals surface area contributed by atoms with E-state index in [1.807, 2.05) is 13.8 Å². The molecule has 2 N–H and O–H groups in total. The minimum absolute atomic E-state index is 0.0231. The average molecular weight is 326 g/mol. The third-order valence-electron chi connectivity index (χ3n) is 6.23. The molecule has 2 fully saturated rings. The molecule has 0 aromatic rings. The summed E-state index contributed by atoms with van der Waals surface area (Å²) in [5, 5.41) is 18.3. The fraction of sp³-hybridized carbons (Fsp3) is 0.889. The molecule has 0 aromatic heterocycles. The molecular weight excluding hydrogens is 296 g/mol. The Balaban J connectivity index is 1.82. The van der Waals surface area contributed by atoms with Gasteiger partial charge in [-0.1, -0.05) is 6.92 Å². The predicted octanol–water partition coefficient (Wildman–Crippen LogP) is 2.86. The number of carbonyl (C=O) groups excluding carboxylic acids is 1. The molecular formula is C18H30O5. The van der Waals surface area contributed by atoms with Gasteiger partial charge in [-0.05, 0) is 69.6 Å². The topological polar surface area (TPSA) is 83.8 Å². The van der Waals surface area contributed by atoms with Crippen LogP contribution in [0.5, 0.6) is 0 Å². The van der Waals surface area contributed by atoms with Crippen LogP contribution in [0.15, 0.2) is 0 Å². The summed E-state index contributed by atoms with van der Waals surface area (Å²) in [6.07, 6.45) is 5.70. The second-order valence-corrected chi connectivity index (χ2v) is 7.80. The zero-order valence-corrected chi connectivity index (χ0v) is 14.3. The molecule has 0 saturated heterocycles. The van der Waals surface area contributed by atoms with Crippen LogP contribution in [-0.4, -0.2) is 35.4 Å². The third kappa shape index (κ3) is 4.25. The van der Waals surface area contributed by atoms with Crippen LogP contribution in [0.4, 0.5) is 0 Å². The van der Waals surface area contributed by atoms with Gasteiger partial charge in [-0.3, -0.25) is 9.59 Å². The molecule has 2 aliphatic carbocycles. The number of ether oxygens (including phenoxy) is 1. The summed E-state index contributed by atoms with van der Waals surface area (Å²) in [6.45, 7) is 4.60. The summed E-state index contributed by atoms with van der Waals surface area (Å²) in [5.41, 5.74) is -0.561. The molecule has 3 unspecified atom stereocenters. The maximum absolute atomic E-state index is 12.6. The monoisotopic (exact) mass is 326 g/mol. The summed E-state index contributed by atoms with van der Waals surface area (Å²) in [7, 11) is 0. The largest absolute Gasteiger partial charge is 0.481 e. The van der Waals surface area contributed by atoms with Gasteiger partial charge in [0.1, 0.15) is 0 Å². The molecule has 0 radical (unpaired) electrons. The highest BCUT2D eigenvalue weighted by Gasteiger charge is 2.46. The Labute approximate surface area is 138 Å². The van der Waals surface area contributed by atoms with Crippen LogP contribution in [-0.2, 0) is 14.3 Å². The molecule has 2 saturated carbocycles. The van der Waals surface area contributed by atoms with E-state index in [0.717, 1.165) is 25.7 Å². The Morgan fingerprint density at radius 1 is 1.13 bits per heavy atom. The molecule has 0 aromatic carbocycles. The molecule has 23 heavy (non-hydrogen) atoms. The average Bonchev–Trinajstić information content (AvgIpc) is 2.55. The maximum atomic E-state index is 12.6. The fourth-order valence-corrected chi connectivity index (χ4v) is 3.99. The third-order valence-corrected chi connectivity index (χ3v) is 6.23. The van der Waals surface area contributed by atoms with Crippen LogP contribution in [0.3, 0.4) is 0 Å². The van der Waals surface area contributed by atoms with E-state index in [-0.39, 0.29) is 24.4 Å². The molecule has 0 amide bonds. The number of aliphatic carboxylic acids is 1. The highest BCUT2D eigenvalue weighted by Crippen LogP contribution is 2.44. The Hall–Kier alpha value is -1.10. The summed E-state index contributed by atoms with van der Waals surface area (Å²) in [6, 6.07) is 0. The Kier molecular flexibility index (Phi) is 6.06. The van der Waals surface area contributed by atoms with E-state index in [0.29, 0.717) is 37.7 Å². The molecule has 0 spiro atoms. The summed E-state index contributed by atoms with van der Waals surface area (Å²) in [5.74, 6) is -0.428. The van der Waals surface area contributed by atoms with Crippen LogP contribution in [0.25, 0.3) is 0 Å². The summed E-state index contributed by atoms with van der Waals surface area (Å²) in [4.78, 5) is 23.7. The van der Waals surface area contributed by atoms with Gasteiger partial charge in [0.2, 0.25) is 0 Å². The standard InChI is InChI=1S/C18H30O5/c1-12-9-15(16(20)21)7-8-18(12,2)17(22)23-11-14-5-3-13(10-19)4-6-14/h12-15,19H,3-11H2,1-2H3,(H,20,21). The normalized spacial score (nSPS) is 38.0. The number of aliphatic hydroxyl groups excluding tert-OH is 1. The first-order valence-electron chi connectivity index (χ1n) is 8.87. The first-order chi connectivity index (χ1) is 10.9. The second kappa shape index (κ2) is 7.65. The number of aliphatic hydroxyl groups is 1. The zero-order chi connectivity index (χ0) is 17.0. The van der Waals surface area contributed by atoms with Gasteiger partial charge in [0.05, 0.1) is 17.9 Å². The molecule has 2 rings (SSSR count). The van der Waals surface area contributed by atoms with Crippen LogP contribution < -0.4 is 0 Å². The van der Waals surface area contributed by atoms with E-state index in [2.05, 4.69) is 0 Å². The Morgan fingerprint density at radius 3 is 2.26 bits per heavy atom. The minimum Gasteiger partial charge on any atom is -0.481 e. The van der Waals surface area contributed by atoms with Crippen molar-refractivity contribution in [2.24, 2.45) is 29.1 Å². The van der Waals surface area contributed by atoms with Crippen LogP contribution in [0, 0.1) is 29.1 Å². The van der Waals surface area contributed by atoms with Gasteiger partial charge in [0.15, 0.2) is 0 Å².